The molecule has 0 radical (unpaired) electrons. The number of benzene rings is 1. The van der Waals surface area contributed by atoms with Crippen LogP contribution in [-0.4, -0.2) is 31.6 Å². The van der Waals surface area contributed by atoms with Crippen molar-refractivity contribution >= 4 is 11.9 Å². The molecule has 1 amide bonds. The Labute approximate surface area is 118 Å². The molecule has 0 fully saturated rings. The molecule has 0 aliphatic rings. The lowest BCUT2D eigenvalue weighted by atomic mass is 10.3. The van der Waals surface area contributed by atoms with Crippen LogP contribution in [0.4, 0.5) is 0 Å². The molecule has 0 aliphatic heterocycles. The Bertz CT molecular complexity index is 456. The van der Waals surface area contributed by atoms with Gasteiger partial charge in [0.15, 0.2) is 0 Å². The number of hydrogen-bond donors (Lipinski definition) is 1. The van der Waals surface area contributed by atoms with Crippen LogP contribution in [0.2, 0.25) is 0 Å². The number of nitrogens with one attached hydrogen (secondary N) is 1. The van der Waals surface area contributed by atoms with Crippen LogP contribution >= 0.6 is 0 Å². The zero-order valence-electron chi connectivity index (χ0n) is 11.6. The minimum atomic E-state index is -0.452. The lowest BCUT2D eigenvalue weighted by Crippen LogP contribution is -2.29. The van der Waals surface area contributed by atoms with Gasteiger partial charge in [0.1, 0.15) is 12.4 Å². The van der Waals surface area contributed by atoms with Gasteiger partial charge in [-0.15, -0.1) is 0 Å². The van der Waals surface area contributed by atoms with Crippen LogP contribution in [0.25, 0.3) is 0 Å². The number of carbonyl (C=O) groups excluding carboxylic acids is 2. The lowest BCUT2D eigenvalue weighted by molar-refractivity contribution is -0.139. The smallest absolute Gasteiger partial charge is 0.333 e. The van der Waals surface area contributed by atoms with E-state index in [2.05, 4.69) is 11.9 Å². The minimum absolute atomic E-state index is 0.136. The lowest BCUT2D eigenvalue weighted by Gasteiger charge is -2.07. The van der Waals surface area contributed by atoms with Crippen LogP contribution in [0, 0.1) is 0 Å². The average molecular weight is 277 g/mol. The molecule has 0 bridgehead atoms. The summed E-state index contributed by atoms with van der Waals surface area (Å²) in [6, 6.07) is 9.28. The maximum absolute atomic E-state index is 11.5. The number of para-hydroxylation sites is 1. The molecule has 0 saturated carbocycles. The molecule has 1 aromatic rings. The first kappa shape index (κ1) is 15.8. The fraction of sp³-hybridized carbons (Fsp3) is 0.333. The van der Waals surface area contributed by atoms with E-state index in [1.807, 2.05) is 30.3 Å². The monoisotopic (exact) mass is 277 g/mol. The molecule has 108 valence electrons. The third-order valence-corrected chi connectivity index (χ3v) is 2.35. The van der Waals surface area contributed by atoms with Crippen LogP contribution in [0.5, 0.6) is 5.75 Å². The molecular formula is C15H19NO4. The van der Waals surface area contributed by atoms with Gasteiger partial charge in [-0.25, -0.2) is 4.79 Å². The predicted molar refractivity (Wildman–Crippen MR) is 75.3 cm³/mol. The van der Waals surface area contributed by atoms with Gasteiger partial charge in [-0.05, 0) is 19.1 Å². The topological polar surface area (TPSA) is 64.6 Å². The van der Waals surface area contributed by atoms with Crippen LogP contribution in [0.3, 0.4) is 0 Å². The summed E-state index contributed by atoms with van der Waals surface area (Å²) in [5, 5.41) is 2.64. The average Bonchev–Trinajstić information content (AvgIpc) is 2.44. The normalized spacial score (nSPS) is 9.65. The van der Waals surface area contributed by atoms with E-state index in [0.717, 1.165) is 5.75 Å². The summed E-state index contributed by atoms with van der Waals surface area (Å²) in [4.78, 5) is 22.5. The zero-order chi connectivity index (χ0) is 14.8. The van der Waals surface area contributed by atoms with Crippen molar-refractivity contribution in [2.75, 3.05) is 19.8 Å². The number of ether oxygens (including phenoxy) is 2. The second kappa shape index (κ2) is 8.74. The molecular weight excluding hydrogens is 258 g/mol. The maximum atomic E-state index is 11.5. The Morgan fingerprint density at radius 2 is 1.90 bits per heavy atom. The Kier molecular flexibility index (Phi) is 6.89. The van der Waals surface area contributed by atoms with E-state index < -0.39 is 5.97 Å². The molecule has 1 aromatic carbocycles. The van der Waals surface area contributed by atoms with Gasteiger partial charge in [0, 0.05) is 5.57 Å². The van der Waals surface area contributed by atoms with Crippen LogP contribution < -0.4 is 10.1 Å². The maximum Gasteiger partial charge on any atom is 0.333 e. The second-order valence-electron chi connectivity index (χ2n) is 4.18. The third-order valence-electron chi connectivity index (χ3n) is 2.35. The molecule has 0 saturated heterocycles. The van der Waals surface area contributed by atoms with Gasteiger partial charge >= 0.3 is 5.97 Å². The standard InChI is InChI=1S/C15H19NO4/c1-12(2)15(18)20-11-9-16-14(17)8-10-19-13-6-4-3-5-7-13/h3-7H,1,8-11H2,2H3,(H,16,17). The summed E-state index contributed by atoms with van der Waals surface area (Å²) in [6.45, 7) is 5.75. The summed E-state index contributed by atoms with van der Waals surface area (Å²) < 4.78 is 10.2. The van der Waals surface area contributed by atoms with Gasteiger partial charge in [0.05, 0.1) is 19.6 Å². The van der Waals surface area contributed by atoms with E-state index in [1.54, 1.807) is 6.92 Å². The molecule has 1 N–H and O–H groups in total. The molecule has 0 aromatic heterocycles. The summed E-state index contributed by atoms with van der Waals surface area (Å²) in [5.41, 5.74) is 0.340. The first-order valence-corrected chi connectivity index (χ1v) is 6.37. The highest BCUT2D eigenvalue weighted by molar-refractivity contribution is 5.86. The van der Waals surface area contributed by atoms with E-state index in [-0.39, 0.29) is 25.5 Å². The van der Waals surface area contributed by atoms with E-state index in [1.165, 1.54) is 0 Å². The summed E-state index contributed by atoms with van der Waals surface area (Å²) >= 11 is 0. The highest BCUT2D eigenvalue weighted by Gasteiger charge is 2.04. The van der Waals surface area contributed by atoms with Gasteiger partial charge in [-0.3, -0.25) is 4.79 Å². The quantitative estimate of drug-likeness (QED) is 0.446. The minimum Gasteiger partial charge on any atom is -0.493 e. The van der Waals surface area contributed by atoms with Crippen molar-refractivity contribution in [3.05, 3.63) is 42.5 Å². The van der Waals surface area contributed by atoms with Crippen molar-refractivity contribution in [2.45, 2.75) is 13.3 Å². The molecule has 1 rings (SSSR count). The first-order chi connectivity index (χ1) is 9.59. The predicted octanol–water partition coefficient (Wildman–Crippen LogP) is 1.69. The third kappa shape index (κ3) is 6.58. The summed E-state index contributed by atoms with van der Waals surface area (Å²) in [6.07, 6.45) is 0.253. The largest absolute Gasteiger partial charge is 0.493 e. The Morgan fingerprint density at radius 3 is 2.55 bits per heavy atom. The van der Waals surface area contributed by atoms with Crippen molar-refractivity contribution in [3.63, 3.8) is 0 Å². The number of carbonyl (C=O) groups is 2. The fourth-order valence-corrected chi connectivity index (χ4v) is 1.32. The van der Waals surface area contributed by atoms with E-state index in [0.29, 0.717) is 12.2 Å². The molecule has 20 heavy (non-hydrogen) atoms. The van der Waals surface area contributed by atoms with Crippen molar-refractivity contribution in [3.8, 4) is 5.75 Å². The van der Waals surface area contributed by atoms with Gasteiger partial charge in [0.25, 0.3) is 0 Å². The highest BCUT2D eigenvalue weighted by atomic mass is 16.5. The fourth-order valence-electron chi connectivity index (χ4n) is 1.32. The molecule has 0 heterocycles. The molecule has 0 spiro atoms. The number of hydrogen-bond acceptors (Lipinski definition) is 4. The highest BCUT2D eigenvalue weighted by Crippen LogP contribution is 2.08. The summed E-state index contributed by atoms with van der Waals surface area (Å²) in [7, 11) is 0. The van der Waals surface area contributed by atoms with Crippen LogP contribution in [0.1, 0.15) is 13.3 Å². The van der Waals surface area contributed by atoms with Crippen molar-refractivity contribution in [1.29, 1.82) is 0 Å². The van der Waals surface area contributed by atoms with Gasteiger partial charge in [-0.1, -0.05) is 24.8 Å². The van der Waals surface area contributed by atoms with E-state index >= 15 is 0 Å². The molecule has 0 atom stereocenters. The second-order valence-corrected chi connectivity index (χ2v) is 4.18. The van der Waals surface area contributed by atoms with Gasteiger partial charge < -0.3 is 14.8 Å². The Morgan fingerprint density at radius 1 is 1.20 bits per heavy atom. The SMILES string of the molecule is C=C(C)C(=O)OCCNC(=O)CCOc1ccccc1. The van der Waals surface area contributed by atoms with Gasteiger partial charge in [-0.2, -0.15) is 0 Å². The molecule has 5 nitrogen and oxygen atoms in total. The van der Waals surface area contributed by atoms with Crippen molar-refractivity contribution in [1.82, 2.24) is 5.32 Å². The number of esters is 1. The van der Waals surface area contributed by atoms with Crippen LogP contribution in [0.15, 0.2) is 42.5 Å². The molecule has 0 aliphatic carbocycles. The zero-order valence-corrected chi connectivity index (χ0v) is 11.6. The van der Waals surface area contributed by atoms with Crippen LogP contribution in [-0.2, 0) is 14.3 Å². The molecule has 0 unspecified atom stereocenters. The van der Waals surface area contributed by atoms with Gasteiger partial charge in [0.2, 0.25) is 5.91 Å². The van der Waals surface area contributed by atoms with E-state index in [9.17, 15) is 9.59 Å². The number of rotatable bonds is 8. The first-order valence-electron chi connectivity index (χ1n) is 6.37. The van der Waals surface area contributed by atoms with Crippen molar-refractivity contribution < 1.29 is 19.1 Å². The number of amides is 1. The Hall–Kier alpha value is -2.30. The Balaban J connectivity index is 2.06. The molecule has 5 heteroatoms. The van der Waals surface area contributed by atoms with E-state index in [4.69, 9.17) is 9.47 Å². The van der Waals surface area contributed by atoms with Crippen molar-refractivity contribution in [2.24, 2.45) is 0 Å². The summed E-state index contributed by atoms with van der Waals surface area (Å²) in [5.74, 6) is 0.134.